The molecule has 3 N–H and O–H groups in total. The van der Waals surface area contributed by atoms with Crippen LogP contribution < -0.4 is 11.1 Å². The summed E-state index contributed by atoms with van der Waals surface area (Å²) in [5.41, 5.74) is 8.15. The number of carbonyl (C=O) groups excluding carboxylic acids is 1. The highest BCUT2D eigenvalue weighted by molar-refractivity contribution is 5.78. The third-order valence-electron chi connectivity index (χ3n) is 4.59. The molecule has 0 bridgehead atoms. The Morgan fingerprint density at radius 2 is 1.75 bits per heavy atom. The monoisotopic (exact) mass is 333 g/mol. The van der Waals surface area contributed by atoms with E-state index in [9.17, 15) is 4.79 Å². The molecule has 1 heterocycles. The lowest BCUT2D eigenvalue weighted by Gasteiger charge is -2.35. The molecule has 0 aromatic heterocycles. The zero-order valence-electron chi connectivity index (χ0n) is 15.3. The Morgan fingerprint density at radius 3 is 2.29 bits per heavy atom. The number of morpholine rings is 1. The van der Waals surface area contributed by atoms with Crippen molar-refractivity contribution in [3.05, 3.63) is 35.4 Å². The van der Waals surface area contributed by atoms with E-state index in [4.69, 9.17) is 10.5 Å². The Kier molecular flexibility index (Phi) is 6.78. The highest BCUT2D eigenvalue weighted by atomic mass is 16.5. The van der Waals surface area contributed by atoms with Crippen LogP contribution in [0.5, 0.6) is 0 Å². The van der Waals surface area contributed by atoms with Crippen LogP contribution in [0.4, 0.5) is 0 Å². The fourth-order valence-corrected chi connectivity index (χ4v) is 3.02. The van der Waals surface area contributed by atoms with E-state index >= 15 is 0 Å². The molecule has 0 saturated carbocycles. The maximum Gasteiger partial charge on any atom is 0.224 e. The van der Waals surface area contributed by atoms with Crippen LogP contribution in [-0.4, -0.2) is 42.1 Å². The van der Waals surface area contributed by atoms with Crippen LogP contribution in [0.3, 0.4) is 0 Å². The van der Waals surface area contributed by atoms with Gasteiger partial charge in [0.2, 0.25) is 5.91 Å². The number of benzene rings is 1. The van der Waals surface area contributed by atoms with Crippen LogP contribution in [0.15, 0.2) is 24.3 Å². The van der Waals surface area contributed by atoms with Crippen molar-refractivity contribution in [2.24, 2.45) is 11.7 Å². The number of ether oxygens (including phenoxy) is 1. The molecule has 1 aliphatic heterocycles. The molecule has 1 amide bonds. The summed E-state index contributed by atoms with van der Waals surface area (Å²) >= 11 is 0. The Morgan fingerprint density at radius 1 is 1.21 bits per heavy atom. The minimum absolute atomic E-state index is 0.00497. The Labute approximate surface area is 145 Å². The molecule has 5 nitrogen and oxygen atoms in total. The van der Waals surface area contributed by atoms with Crippen molar-refractivity contribution in [1.29, 1.82) is 0 Å². The summed E-state index contributed by atoms with van der Waals surface area (Å²) in [7, 11) is 0. The lowest BCUT2D eigenvalue weighted by molar-refractivity contribution is -0.125. The molecule has 24 heavy (non-hydrogen) atoms. The average Bonchev–Trinajstić information content (AvgIpc) is 2.52. The molecule has 5 heteroatoms. The van der Waals surface area contributed by atoms with Crippen LogP contribution in [0.25, 0.3) is 0 Å². The molecule has 1 aromatic rings. The number of nitrogens with one attached hydrogen (secondary N) is 1. The molecule has 1 fully saturated rings. The van der Waals surface area contributed by atoms with Crippen LogP contribution in [-0.2, 0) is 22.6 Å². The first-order valence-electron chi connectivity index (χ1n) is 8.84. The van der Waals surface area contributed by atoms with E-state index in [0.29, 0.717) is 6.54 Å². The van der Waals surface area contributed by atoms with Gasteiger partial charge in [-0.3, -0.25) is 9.69 Å². The van der Waals surface area contributed by atoms with E-state index in [1.807, 2.05) is 13.8 Å². The van der Waals surface area contributed by atoms with Gasteiger partial charge in [-0.25, -0.2) is 0 Å². The number of hydrogen-bond acceptors (Lipinski definition) is 4. The van der Waals surface area contributed by atoms with Gasteiger partial charge in [-0.2, -0.15) is 0 Å². The normalized spacial score (nSPS) is 24.4. The third-order valence-corrected chi connectivity index (χ3v) is 4.59. The van der Waals surface area contributed by atoms with Crippen LogP contribution in [0.1, 0.15) is 38.8 Å². The third kappa shape index (κ3) is 5.58. The van der Waals surface area contributed by atoms with Gasteiger partial charge in [0.15, 0.2) is 0 Å². The predicted molar refractivity (Wildman–Crippen MR) is 96.4 cm³/mol. The van der Waals surface area contributed by atoms with Gasteiger partial charge in [0.05, 0.1) is 12.2 Å². The van der Waals surface area contributed by atoms with Gasteiger partial charge in [-0.1, -0.05) is 31.2 Å². The molecule has 0 aliphatic carbocycles. The molecular weight excluding hydrogens is 302 g/mol. The zero-order valence-corrected chi connectivity index (χ0v) is 15.3. The molecule has 2 rings (SSSR count). The number of hydrogen-bond donors (Lipinski definition) is 2. The Hall–Kier alpha value is -1.43. The molecule has 0 spiro atoms. The number of rotatable bonds is 6. The van der Waals surface area contributed by atoms with Crippen molar-refractivity contribution in [1.82, 2.24) is 10.2 Å². The molecular formula is C19H31N3O2. The predicted octanol–water partition coefficient (Wildman–Crippen LogP) is 1.90. The van der Waals surface area contributed by atoms with E-state index in [2.05, 4.69) is 48.3 Å². The average molecular weight is 333 g/mol. The van der Waals surface area contributed by atoms with E-state index < -0.39 is 0 Å². The highest BCUT2D eigenvalue weighted by Crippen LogP contribution is 2.15. The lowest BCUT2D eigenvalue weighted by Crippen LogP contribution is -2.44. The summed E-state index contributed by atoms with van der Waals surface area (Å²) < 4.78 is 5.77. The van der Waals surface area contributed by atoms with Gasteiger partial charge in [0, 0.05) is 38.1 Å². The Balaban J connectivity index is 1.83. The maximum atomic E-state index is 11.9. The zero-order chi connectivity index (χ0) is 17.7. The summed E-state index contributed by atoms with van der Waals surface area (Å²) in [6.07, 6.45) is 0.574. The maximum absolute atomic E-state index is 11.9. The number of carbonyl (C=O) groups is 1. The molecule has 1 aromatic carbocycles. The fraction of sp³-hybridized carbons (Fsp3) is 0.632. The Bertz CT molecular complexity index is 520. The minimum atomic E-state index is -0.172. The van der Waals surface area contributed by atoms with Crippen LogP contribution in [0.2, 0.25) is 0 Å². The topological polar surface area (TPSA) is 67.6 Å². The second kappa shape index (κ2) is 8.60. The van der Waals surface area contributed by atoms with Gasteiger partial charge in [0.25, 0.3) is 0 Å². The summed E-state index contributed by atoms with van der Waals surface area (Å²) in [4.78, 5) is 14.4. The second-order valence-corrected chi connectivity index (χ2v) is 7.13. The van der Waals surface area contributed by atoms with Gasteiger partial charge >= 0.3 is 0 Å². The van der Waals surface area contributed by atoms with Crippen LogP contribution >= 0.6 is 0 Å². The van der Waals surface area contributed by atoms with E-state index in [1.165, 1.54) is 5.56 Å². The molecule has 0 radical (unpaired) electrons. The van der Waals surface area contributed by atoms with Crippen molar-refractivity contribution in [3.63, 3.8) is 0 Å². The largest absolute Gasteiger partial charge is 0.373 e. The SMILES string of the molecule is CC1CN(Cc2ccc(CNC(=O)C(C)C(C)N)cc2)CC(C)O1. The second-order valence-electron chi connectivity index (χ2n) is 7.13. The quantitative estimate of drug-likeness (QED) is 0.834. The molecule has 1 aliphatic rings. The van der Waals surface area contributed by atoms with E-state index in [0.717, 1.165) is 25.2 Å². The van der Waals surface area contributed by atoms with Gasteiger partial charge in [0.1, 0.15) is 0 Å². The molecule has 134 valence electrons. The number of nitrogens with two attached hydrogens (primary N) is 1. The lowest BCUT2D eigenvalue weighted by atomic mass is 10.0. The summed E-state index contributed by atoms with van der Waals surface area (Å²) in [6.45, 7) is 11.4. The van der Waals surface area contributed by atoms with Crippen molar-refractivity contribution in [3.8, 4) is 0 Å². The van der Waals surface area contributed by atoms with Gasteiger partial charge in [-0.05, 0) is 31.9 Å². The van der Waals surface area contributed by atoms with E-state index in [-0.39, 0.29) is 30.1 Å². The summed E-state index contributed by atoms with van der Waals surface area (Å²) in [5.74, 6) is -0.167. The van der Waals surface area contributed by atoms with Crippen molar-refractivity contribution < 1.29 is 9.53 Å². The minimum Gasteiger partial charge on any atom is -0.373 e. The van der Waals surface area contributed by atoms with Crippen LogP contribution in [0, 0.1) is 5.92 Å². The standard InChI is InChI=1S/C19H31N3O2/c1-13-10-22(11-14(2)24-13)12-18-7-5-17(6-8-18)9-21-19(23)15(3)16(4)20/h5-8,13-16H,9-12,20H2,1-4H3,(H,21,23). The molecule has 1 saturated heterocycles. The highest BCUT2D eigenvalue weighted by Gasteiger charge is 2.22. The fourth-order valence-electron chi connectivity index (χ4n) is 3.02. The van der Waals surface area contributed by atoms with E-state index in [1.54, 1.807) is 0 Å². The summed E-state index contributed by atoms with van der Waals surface area (Å²) in [5, 5.41) is 2.95. The van der Waals surface area contributed by atoms with Crippen molar-refractivity contribution in [2.75, 3.05) is 13.1 Å². The number of amides is 1. The molecule has 4 unspecified atom stereocenters. The van der Waals surface area contributed by atoms with Crippen molar-refractivity contribution >= 4 is 5.91 Å². The molecule has 4 atom stereocenters. The first-order valence-corrected chi connectivity index (χ1v) is 8.84. The van der Waals surface area contributed by atoms with Gasteiger partial charge < -0.3 is 15.8 Å². The van der Waals surface area contributed by atoms with Crippen molar-refractivity contribution in [2.45, 2.75) is 59.0 Å². The number of nitrogens with zero attached hydrogens (tertiary/aromatic N) is 1. The first kappa shape index (κ1) is 18.9. The smallest absolute Gasteiger partial charge is 0.224 e. The first-order chi connectivity index (χ1) is 11.3. The summed E-state index contributed by atoms with van der Waals surface area (Å²) in [6, 6.07) is 8.31. The van der Waals surface area contributed by atoms with Gasteiger partial charge in [-0.15, -0.1) is 0 Å².